The lowest BCUT2D eigenvalue weighted by molar-refractivity contribution is -0.0238. The summed E-state index contributed by atoms with van der Waals surface area (Å²) in [5, 5.41) is 18.2. The Bertz CT molecular complexity index is 588. The Labute approximate surface area is 129 Å². The molecule has 0 radical (unpaired) electrons. The molecule has 1 saturated heterocycles. The van der Waals surface area contributed by atoms with Crippen LogP contribution in [0.5, 0.6) is 0 Å². The number of aryl methyl sites for hydroxylation is 1. The molecule has 9 heteroatoms. The highest BCUT2D eigenvalue weighted by atomic mass is 33.1. The van der Waals surface area contributed by atoms with E-state index in [-0.39, 0.29) is 24.6 Å². The first-order valence-electron chi connectivity index (χ1n) is 6.54. The number of aromatic amines is 1. The molecule has 118 valence electrons. The molecule has 21 heavy (non-hydrogen) atoms. The van der Waals surface area contributed by atoms with Crippen molar-refractivity contribution in [2.24, 2.45) is 0 Å². The maximum absolute atomic E-state index is 11.9. The molecule has 1 fully saturated rings. The minimum atomic E-state index is -0.513. The fourth-order valence-electron chi connectivity index (χ4n) is 2.11. The topological polar surface area (TPSA) is 105 Å². The van der Waals surface area contributed by atoms with Crippen molar-refractivity contribution in [1.82, 2.24) is 9.55 Å². The molecule has 2 rings (SSSR count). The number of ether oxygens (including phenoxy) is 1. The van der Waals surface area contributed by atoms with E-state index in [0.717, 1.165) is 0 Å². The van der Waals surface area contributed by atoms with Crippen LogP contribution >= 0.6 is 21.6 Å². The average molecular weight is 334 g/mol. The quantitative estimate of drug-likeness (QED) is 0.491. The highest BCUT2D eigenvalue weighted by molar-refractivity contribution is 8.77. The van der Waals surface area contributed by atoms with Gasteiger partial charge >= 0.3 is 5.69 Å². The molecule has 1 aliphatic heterocycles. The van der Waals surface area contributed by atoms with E-state index in [0.29, 0.717) is 17.7 Å². The fourth-order valence-corrected chi connectivity index (χ4v) is 4.62. The van der Waals surface area contributed by atoms with Crippen LogP contribution in [0.4, 0.5) is 0 Å². The van der Waals surface area contributed by atoms with Crippen LogP contribution in [0.15, 0.2) is 15.8 Å². The van der Waals surface area contributed by atoms with Crippen LogP contribution in [0, 0.1) is 6.92 Å². The molecule has 0 aromatic carbocycles. The van der Waals surface area contributed by atoms with Gasteiger partial charge in [-0.3, -0.25) is 14.3 Å². The Morgan fingerprint density at radius 3 is 2.90 bits per heavy atom. The van der Waals surface area contributed by atoms with E-state index in [9.17, 15) is 14.7 Å². The molecule has 1 aromatic heterocycles. The second kappa shape index (κ2) is 7.50. The summed E-state index contributed by atoms with van der Waals surface area (Å²) >= 11 is 0. The van der Waals surface area contributed by atoms with Gasteiger partial charge in [0.25, 0.3) is 5.56 Å². The summed E-state index contributed by atoms with van der Waals surface area (Å²) in [7, 11) is 3.04. The van der Waals surface area contributed by atoms with Crippen molar-refractivity contribution in [2.75, 3.05) is 19.0 Å². The number of aliphatic hydroxyl groups excluding tert-OH is 2. The third-order valence-corrected chi connectivity index (χ3v) is 6.06. The van der Waals surface area contributed by atoms with Crippen molar-refractivity contribution in [3.8, 4) is 0 Å². The van der Waals surface area contributed by atoms with E-state index in [1.807, 2.05) is 0 Å². The van der Waals surface area contributed by atoms with E-state index < -0.39 is 17.5 Å². The molecule has 3 atom stereocenters. The van der Waals surface area contributed by atoms with Gasteiger partial charge in [0.1, 0.15) is 6.23 Å². The van der Waals surface area contributed by atoms with Crippen molar-refractivity contribution in [3.63, 3.8) is 0 Å². The molecule has 0 unspecified atom stereocenters. The Kier molecular flexibility index (Phi) is 5.94. The zero-order chi connectivity index (χ0) is 15.4. The molecule has 1 aromatic rings. The largest absolute Gasteiger partial charge is 0.395 e. The Morgan fingerprint density at radius 1 is 1.48 bits per heavy atom. The highest BCUT2D eigenvalue weighted by Crippen LogP contribution is 2.40. The molecular weight excluding hydrogens is 316 g/mol. The van der Waals surface area contributed by atoms with Crippen molar-refractivity contribution >= 4 is 21.6 Å². The minimum absolute atomic E-state index is 0.0238. The molecular formula is C12H18N2O5S2. The summed E-state index contributed by atoms with van der Waals surface area (Å²) in [4.78, 5) is 25.5. The molecule has 7 nitrogen and oxygen atoms in total. The van der Waals surface area contributed by atoms with Crippen LogP contribution in [0.25, 0.3) is 0 Å². The number of hydrogen-bond donors (Lipinski definition) is 3. The summed E-state index contributed by atoms with van der Waals surface area (Å²) < 4.78 is 7.07. The number of nitrogens with one attached hydrogen (secondary N) is 1. The van der Waals surface area contributed by atoms with Gasteiger partial charge in [-0.15, -0.1) is 0 Å². The van der Waals surface area contributed by atoms with Crippen LogP contribution in [0.2, 0.25) is 0 Å². The summed E-state index contributed by atoms with van der Waals surface area (Å²) in [6.45, 7) is 1.58. The van der Waals surface area contributed by atoms with Crippen LogP contribution in [-0.4, -0.2) is 50.1 Å². The second-order valence-electron chi connectivity index (χ2n) is 4.71. The van der Waals surface area contributed by atoms with Gasteiger partial charge in [0.05, 0.1) is 19.3 Å². The Hall–Kier alpha value is -0.740. The third-order valence-electron chi connectivity index (χ3n) is 3.18. The number of hydrogen-bond acceptors (Lipinski definition) is 7. The molecule has 0 aliphatic carbocycles. The van der Waals surface area contributed by atoms with Crippen molar-refractivity contribution in [3.05, 3.63) is 32.6 Å². The van der Waals surface area contributed by atoms with E-state index in [1.54, 1.807) is 6.92 Å². The van der Waals surface area contributed by atoms with Crippen LogP contribution in [0.3, 0.4) is 0 Å². The summed E-state index contributed by atoms with van der Waals surface area (Å²) in [6.07, 6.45) is 1.16. The van der Waals surface area contributed by atoms with Crippen LogP contribution < -0.4 is 11.2 Å². The molecule has 0 amide bonds. The molecule has 1 aliphatic rings. The summed E-state index contributed by atoms with van der Waals surface area (Å²) in [6, 6.07) is 0. The van der Waals surface area contributed by atoms with Gasteiger partial charge in [-0.25, -0.2) is 4.79 Å². The summed E-state index contributed by atoms with van der Waals surface area (Å²) in [5.41, 5.74) is -0.483. The van der Waals surface area contributed by atoms with Gasteiger partial charge in [-0.2, -0.15) is 0 Å². The van der Waals surface area contributed by atoms with Gasteiger partial charge in [0, 0.05) is 29.2 Å². The van der Waals surface area contributed by atoms with Crippen LogP contribution in [-0.2, 0) is 4.74 Å². The lowest BCUT2D eigenvalue weighted by Gasteiger charge is -2.15. The van der Waals surface area contributed by atoms with Crippen molar-refractivity contribution < 1.29 is 14.9 Å². The lowest BCUT2D eigenvalue weighted by Crippen LogP contribution is -2.33. The predicted octanol–water partition coefficient (Wildman–Crippen LogP) is -0.133. The Balaban J connectivity index is 2.13. The first-order valence-corrected chi connectivity index (χ1v) is 8.92. The van der Waals surface area contributed by atoms with Crippen molar-refractivity contribution in [2.45, 2.75) is 30.9 Å². The fraction of sp³-hybridized carbons (Fsp3) is 0.667. The standard InChI is InChI=1S/C12H18N2O5S2/c1-7-5-14(12(18)13-11(7)17)10-4-9(8(6-16)19-10)21-20-3-2-15/h5,8-10,15-16H,2-4,6H2,1H3,(H,13,17,18)/t8-,9+,10-/m1/s1. The first kappa shape index (κ1) is 16.6. The SMILES string of the molecule is Cc1cn([C@H]2C[C@H](SSCCO)[C@@H](CO)O2)c(=O)[nH]c1=O. The monoisotopic (exact) mass is 334 g/mol. The van der Waals surface area contributed by atoms with Gasteiger partial charge in [-0.1, -0.05) is 21.6 Å². The summed E-state index contributed by atoms with van der Waals surface area (Å²) in [5.74, 6) is 0.599. The predicted molar refractivity (Wildman–Crippen MR) is 82.6 cm³/mol. The second-order valence-corrected chi connectivity index (χ2v) is 7.43. The van der Waals surface area contributed by atoms with Gasteiger partial charge in [0.15, 0.2) is 0 Å². The highest BCUT2D eigenvalue weighted by Gasteiger charge is 2.36. The first-order chi connectivity index (χ1) is 10.1. The number of rotatable bonds is 6. The molecule has 0 bridgehead atoms. The van der Waals surface area contributed by atoms with Crippen molar-refractivity contribution in [1.29, 1.82) is 0 Å². The normalized spacial score (nSPS) is 25.4. The maximum Gasteiger partial charge on any atom is 0.330 e. The number of H-pyrrole nitrogens is 1. The number of aliphatic hydroxyl groups is 2. The lowest BCUT2D eigenvalue weighted by atomic mass is 10.2. The Morgan fingerprint density at radius 2 is 2.24 bits per heavy atom. The molecule has 3 N–H and O–H groups in total. The smallest absolute Gasteiger partial charge is 0.330 e. The van der Waals surface area contributed by atoms with E-state index in [2.05, 4.69) is 4.98 Å². The zero-order valence-electron chi connectivity index (χ0n) is 11.5. The third kappa shape index (κ3) is 3.92. The van der Waals surface area contributed by atoms with E-state index in [4.69, 9.17) is 9.84 Å². The van der Waals surface area contributed by atoms with E-state index >= 15 is 0 Å². The van der Waals surface area contributed by atoms with E-state index in [1.165, 1.54) is 32.4 Å². The zero-order valence-corrected chi connectivity index (χ0v) is 13.2. The van der Waals surface area contributed by atoms with Gasteiger partial charge in [-0.05, 0) is 6.92 Å². The van der Waals surface area contributed by atoms with Crippen LogP contribution in [0.1, 0.15) is 18.2 Å². The molecule has 2 heterocycles. The van der Waals surface area contributed by atoms with Gasteiger partial charge < -0.3 is 14.9 Å². The number of nitrogens with zero attached hydrogens (tertiary/aromatic N) is 1. The molecule has 0 spiro atoms. The van der Waals surface area contributed by atoms with Gasteiger partial charge in [0.2, 0.25) is 0 Å². The number of aromatic nitrogens is 2. The maximum atomic E-state index is 11.9. The minimum Gasteiger partial charge on any atom is -0.395 e. The average Bonchev–Trinajstić information content (AvgIpc) is 2.86. The molecule has 0 saturated carbocycles.